The zero-order valence-electron chi connectivity index (χ0n) is 10.4. The standard InChI is InChI=1S/C14H8Cl3NO3/c15-8-3-1-7(2-4-8)13(19)18-12-10(17)6-5-9(16)11(12)14(20)21/h1-6H,(H,18,19)(H,20,21). The van der Waals surface area contributed by atoms with Crippen molar-refractivity contribution in [3.63, 3.8) is 0 Å². The molecule has 0 aliphatic rings. The van der Waals surface area contributed by atoms with Gasteiger partial charge in [0, 0.05) is 10.6 Å². The summed E-state index contributed by atoms with van der Waals surface area (Å²) < 4.78 is 0. The first-order valence-electron chi connectivity index (χ1n) is 5.68. The van der Waals surface area contributed by atoms with Crippen LogP contribution in [0.2, 0.25) is 15.1 Å². The van der Waals surface area contributed by atoms with E-state index in [9.17, 15) is 14.7 Å². The molecule has 2 N–H and O–H groups in total. The lowest BCUT2D eigenvalue weighted by Gasteiger charge is -2.12. The van der Waals surface area contributed by atoms with Crippen molar-refractivity contribution in [1.82, 2.24) is 0 Å². The van der Waals surface area contributed by atoms with E-state index in [1.165, 1.54) is 24.3 Å². The fourth-order valence-electron chi connectivity index (χ4n) is 1.67. The van der Waals surface area contributed by atoms with E-state index >= 15 is 0 Å². The van der Waals surface area contributed by atoms with Crippen LogP contribution < -0.4 is 5.32 Å². The van der Waals surface area contributed by atoms with Crippen molar-refractivity contribution in [2.75, 3.05) is 5.32 Å². The van der Waals surface area contributed by atoms with Crippen LogP contribution in [0, 0.1) is 0 Å². The van der Waals surface area contributed by atoms with Crippen LogP contribution in [0.1, 0.15) is 20.7 Å². The third-order valence-corrected chi connectivity index (χ3v) is 3.54. The van der Waals surface area contributed by atoms with E-state index in [2.05, 4.69) is 5.32 Å². The Bertz CT molecular complexity index is 714. The monoisotopic (exact) mass is 343 g/mol. The van der Waals surface area contributed by atoms with Crippen LogP contribution in [-0.4, -0.2) is 17.0 Å². The fourth-order valence-corrected chi connectivity index (χ4v) is 2.24. The SMILES string of the molecule is O=C(Nc1c(Cl)ccc(Cl)c1C(=O)O)c1ccc(Cl)cc1. The van der Waals surface area contributed by atoms with E-state index in [0.29, 0.717) is 10.6 Å². The van der Waals surface area contributed by atoms with Gasteiger partial charge in [-0.05, 0) is 36.4 Å². The predicted molar refractivity (Wildman–Crippen MR) is 82.8 cm³/mol. The van der Waals surface area contributed by atoms with Crippen LogP contribution in [0.3, 0.4) is 0 Å². The molecular weight excluding hydrogens is 337 g/mol. The number of rotatable bonds is 3. The molecule has 0 saturated heterocycles. The molecule has 0 atom stereocenters. The zero-order valence-corrected chi connectivity index (χ0v) is 12.6. The summed E-state index contributed by atoms with van der Waals surface area (Å²) in [6.45, 7) is 0. The van der Waals surface area contributed by atoms with Gasteiger partial charge >= 0.3 is 5.97 Å². The summed E-state index contributed by atoms with van der Waals surface area (Å²) in [5, 5.41) is 12.2. The summed E-state index contributed by atoms with van der Waals surface area (Å²) >= 11 is 17.5. The second-order valence-corrected chi connectivity index (χ2v) is 5.30. The number of nitrogens with one attached hydrogen (secondary N) is 1. The van der Waals surface area contributed by atoms with Gasteiger partial charge in [-0.3, -0.25) is 4.79 Å². The summed E-state index contributed by atoms with van der Waals surface area (Å²) in [6, 6.07) is 8.88. The molecule has 108 valence electrons. The maximum Gasteiger partial charge on any atom is 0.339 e. The van der Waals surface area contributed by atoms with E-state index < -0.39 is 11.9 Å². The maximum atomic E-state index is 12.1. The lowest BCUT2D eigenvalue weighted by Crippen LogP contribution is -2.15. The van der Waals surface area contributed by atoms with Crippen molar-refractivity contribution in [3.8, 4) is 0 Å². The first kappa shape index (κ1) is 15.6. The highest BCUT2D eigenvalue weighted by atomic mass is 35.5. The van der Waals surface area contributed by atoms with Gasteiger partial charge in [-0.2, -0.15) is 0 Å². The van der Waals surface area contributed by atoms with Crippen molar-refractivity contribution >= 4 is 52.4 Å². The summed E-state index contributed by atoms with van der Waals surface area (Å²) in [4.78, 5) is 23.4. The van der Waals surface area contributed by atoms with E-state index in [0.717, 1.165) is 0 Å². The number of carboxylic acid groups (broad SMARTS) is 1. The molecule has 2 aromatic rings. The number of hydrogen-bond donors (Lipinski definition) is 2. The minimum absolute atomic E-state index is 0.0155. The summed E-state index contributed by atoms with van der Waals surface area (Å²) in [6.07, 6.45) is 0. The molecule has 2 rings (SSSR count). The normalized spacial score (nSPS) is 10.2. The Morgan fingerprint density at radius 2 is 1.48 bits per heavy atom. The lowest BCUT2D eigenvalue weighted by molar-refractivity contribution is 0.0698. The molecule has 0 spiro atoms. The largest absolute Gasteiger partial charge is 0.478 e. The smallest absolute Gasteiger partial charge is 0.339 e. The molecule has 0 radical (unpaired) electrons. The van der Waals surface area contributed by atoms with Crippen LogP contribution in [0.4, 0.5) is 5.69 Å². The summed E-state index contributed by atoms with van der Waals surface area (Å²) in [5.74, 6) is -1.80. The molecule has 0 unspecified atom stereocenters. The van der Waals surface area contributed by atoms with Gasteiger partial charge in [0.15, 0.2) is 0 Å². The average Bonchev–Trinajstić information content (AvgIpc) is 2.43. The van der Waals surface area contributed by atoms with Gasteiger partial charge in [-0.25, -0.2) is 4.79 Å². The molecule has 7 heteroatoms. The van der Waals surface area contributed by atoms with Crippen molar-refractivity contribution in [3.05, 3.63) is 62.6 Å². The highest BCUT2D eigenvalue weighted by Crippen LogP contribution is 2.32. The van der Waals surface area contributed by atoms with Gasteiger partial charge in [0.05, 0.1) is 15.7 Å². The zero-order chi connectivity index (χ0) is 15.6. The van der Waals surface area contributed by atoms with Crippen LogP contribution in [0.5, 0.6) is 0 Å². The number of aromatic carboxylic acids is 1. The third-order valence-electron chi connectivity index (χ3n) is 2.66. The minimum Gasteiger partial charge on any atom is -0.478 e. The average molecular weight is 345 g/mol. The van der Waals surface area contributed by atoms with Crippen LogP contribution in [-0.2, 0) is 0 Å². The predicted octanol–water partition coefficient (Wildman–Crippen LogP) is 4.60. The van der Waals surface area contributed by atoms with Crippen molar-refractivity contribution in [2.24, 2.45) is 0 Å². The fraction of sp³-hybridized carbons (Fsp3) is 0. The Morgan fingerprint density at radius 1 is 0.905 bits per heavy atom. The van der Waals surface area contributed by atoms with Crippen LogP contribution >= 0.6 is 34.8 Å². The quantitative estimate of drug-likeness (QED) is 0.855. The molecule has 0 aromatic heterocycles. The molecule has 21 heavy (non-hydrogen) atoms. The minimum atomic E-state index is -1.28. The second kappa shape index (κ2) is 6.35. The molecule has 0 aliphatic heterocycles. The topological polar surface area (TPSA) is 66.4 Å². The molecule has 4 nitrogen and oxygen atoms in total. The number of carbonyl (C=O) groups excluding carboxylic acids is 1. The maximum absolute atomic E-state index is 12.1. The van der Waals surface area contributed by atoms with E-state index in [-0.39, 0.29) is 21.3 Å². The van der Waals surface area contributed by atoms with Gasteiger partial charge in [-0.1, -0.05) is 34.8 Å². The van der Waals surface area contributed by atoms with Gasteiger partial charge in [0.2, 0.25) is 0 Å². The Kier molecular flexibility index (Phi) is 4.73. The Labute approximate surface area is 135 Å². The molecule has 0 heterocycles. The molecule has 1 amide bonds. The van der Waals surface area contributed by atoms with Crippen molar-refractivity contribution in [2.45, 2.75) is 0 Å². The lowest BCUT2D eigenvalue weighted by atomic mass is 10.1. The van der Waals surface area contributed by atoms with Gasteiger partial charge in [0.25, 0.3) is 5.91 Å². The van der Waals surface area contributed by atoms with Gasteiger partial charge < -0.3 is 10.4 Å². The first-order chi connectivity index (χ1) is 9.90. The number of halogens is 3. The Balaban J connectivity index is 2.39. The van der Waals surface area contributed by atoms with E-state index in [1.54, 1.807) is 12.1 Å². The van der Waals surface area contributed by atoms with E-state index in [4.69, 9.17) is 34.8 Å². The number of carboxylic acids is 1. The molecule has 0 aliphatic carbocycles. The van der Waals surface area contributed by atoms with Crippen LogP contribution in [0.25, 0.3) is 0 Å². The molecule has 0 fully saturated rings. The molecule has 0 saturated carbocycles. The summed E-state index contributed by atoms with van der Waals surface area (Å²) in [5.41, 5.74) is 0.00915. The molecule has 2 aromatic carbocycles. The van der Waals surface area contributed by atoms with Crippen molar-refractivity contribution in [1.29, 1.82) is 0 Å². The number of benzene rings is 2. The number of carbonyl (C=O) groups is 2. The number of anilines is 1. The van der Waals surface area contributed by atoms with Gasteiger partial charge in [0.1, 0.15) is 5.56 Å². The Hall–Kier alpha value is -1.75. The van der Waals surface area contributed by atoms with Gasteiger partial charge in [-0.15, -0.1) is 0 Å². The van der Waals surface area contributed by atoms with Crippen LogP contribution in [0.15, 0.2) is 36.4 Å². The Morgan fingerprint density at radius 3 is 2.05 bits per heavy atom. The first-order valence-corrected chi connectivity index (χ1v) is 6.81. The molecule has 0 bridgehead atoms. The highest BCUT2D eigenvalue weighted by Gasteiger charge is 2.20. The second-order valence-electron chi connectivity index (χ2n) is 4.05. The number of hydrogen-bond acceptors (Lipinski definition) is 2. The highest BCUT2D eigenvalue weighted by molar-refractivity contribution is 6.39. The number of amides is 1. The van der Waals surface area contributed by atoms with E-state index in [1.807, 2.05) is 0 Å². The van der Waals surface area contributed by atoms with Crippen molar-refractivity contribution < 1.29 is 14.7 Å². The third kappa shape index (κ3) is 3.47. The molecular formula is C14H8Cl3NO3. The summed E-state index contributed by atoms with van der Waals surface area (Å²) in [7, 11) is 0.